The van der Waals surface area contributed by atoms with Crippen molar-refractivity contribution < 1.29 is 0 Å². The van der Waals surface area contributed by atoms with Gasteiger partial charge in [0.05, 0.1) is 0 Å². The van der Waals surface area contributed by atoms with Gasteiger partial charge in [0.2, 0.25) is 0 Å². The number of benzene rings is 4. The zero-order valence-electron chi connectivity index (χ0n) is 27.5. The maximum atomic E-state index is 2.24. The Balaban J connectivity index is 0.000000191. The second kappa shape index (κ2) is 16.8. The average molecular weight is 547 g/mol. The van der Waals surface area contributed by atoms with E-state index in [1.54, 1.807) is 0 Å². The summed E-state index contributed by atoms with van der Waals surface area (Å²) in [5.41, 5.74) is 11.9. The molecule has 41 heavy (non-hydrogen) atoms. The Morgan fingerprint density at radius 3 is 1.49 bits per heavy atom. The van der Waals surface area contributed by atoms with Crippen molar-refractivity contribution in [1.29, 1.82) is 0 Å². The lowest BCUT2D eigenvalue weighted by Crippen LogP contribution is -1.93. The molecule has 0 radical (unpaired) electrons. The molecule has 4 aromatic carbocycles. The minimum atomic E-state index is 0.500. The molecule has 218 valence electrons. The quantitative estimate of drug-likeness (QED) is 0.196. The zero-order chi connectivity index (χ0) is 30.4. The van der Waals surface area contributed by atoms with E-state index in [2.05, 4.69) is 178 Å². The number of fused-ring (bicyclic) bond motifs is 4. The maximum absolute atomic E-state index is 2.24. The van der Waals surface area contributed by atoms with Crippen LogP contribution in [0.5, 0.6) is 0 Å². The van der Waals surface area contributed by atoms with Crippen LogP contribution in [0.4, 0.5) is 0 Å². The van der Waals surface area contributed by atoms with E-state index in [1.807, 2.05) is 0 Å². The van der Waals surface area contributed by atoms with Gasteiger partial charge in [-0.2, -0.15) is 0 Å². The number of rotatable bonds is 1. The largest absolute Gasteiger partial charge is 0.0795 e. The van der Waals surface area contributed by atoms with Gasteiger partial charge in [0.25, 0.3) is 0 Å². The highest BCUT2D eigenvalue weighted by Gasteiger charge is 2.15. The van der Waals surface area contributed by atoms with Crippen LogP contribution in [0, 0.1) is 18.3 Å². The minimum absolute atomic E-state index is 0.500. The molecule has 0 N–H and O–H groups in total. The molecular formula is C41H54. The molecule has 0 heterocycles. The van der Waals surface area contributed by atoms with Crippen LogP contribution >= 0.6 is 0 Å². The monoisotopic (exact) mass is 546 g/mol. The van der Waals surface area contributed by atoms with Crippen molar-refractivity contribution in [1.82, 2.24) is 0 Å². The lowest BCUT2D eigenvalue weighted by Gasteiger charge is -2.05. The van der Waals surface area contributed by atoms with E-state index in [0.29, 0.717) is 11.3 Å². The summed E-state index contributed by atoms with van der Waals surface area (Å²) in [5.74, 6) is 1.49. The lowest BCUT2D eigenvalue weighted by atomic mass is 10.0. The fourth-order valence-electron chi connectivity index (χ4n) is 4.30. The molecule has 0 atom stereocenters. The third-order valence-electron chi connectivity index (χ3n) is 6.10. The Kier molecular flexibility index (Phi) is 13.8. The highest BCUT2D eigenvalue weighted by atomic mass is 14.2. The molecule has 0 nitrogen and oxygen atoms in total. The van der Waals surface area contributed by atoms with Crippen LogP contribution < -0.4 is 0 Å². The second-order valence-electron chi connectivity index (χ2n) is 13.6. The molecule has 0 saturated carbocycles. The Bertz CT molecular complexity index is 1290. The SMILES string of the molecule is C1=Cc2ccccc2C1.CC(C)(C)C.CC(C)C.Cc1cccc(C(C)C)c1.c1ccc2c(c1)Cc1ccccc1-2. The molecule has 0 heteroatoms. The summed E-state index contributed by atoms with van der Waals surface area (Å²) in [7, 11) is 0. The molecule has 0 spiro atoms. The van der Waals surface area contributed by atoms with Gasteiger partial charge in [-0.05, 0) is 76.0 Å². The van der Waals surface area contributed by atoms with Gasteiger partial charge < -0.3 is 0 Å². The predicted octanol–water partition coefficient (Wildman–Crippen LogP) is 12.3. The second-order valence-corrected chi connectivity index (χ2v) is 13.6. The van der Waals surface area contributed by atoms with E-state index >= 15 is 0 Å². The maximum Gasteiger partial charge on any atom is -0.00135 e. The van der Waals surface area contributed by atoms with E-state index in [4.69, 9.17) is 0 Å². The number of hydrogen-bond acceptors (Lipinski definition) is 0. The van der Waals surface area contributed by atoms with Crippen LogP contribution in [0.15, 0.2) is 103 Å². The van der Waals surface area contributed by atoms with Crippen molar-refractivity contribution in [3.8, 4) is 11.1 Å². The Morgan fingerprint density at radius 2 is 1.05 bits per heavy atom. The van der Waals surface area contributed by atoms with Gasteiger partial charge in [0.1, 0.15) is 0 Å². The molecule has 2 aliphatic carbocycles. The first-order valence-electron chi connectivity index (χ1n) is 15.3. The normalized spacial score (nSPS) is 11.8. The first kappa shape index (κ1) is 33.8. The van der Waals surface area contributed by atoms with E-state index in [9.17, 15) is 0 Å². The van der Waals surface area contributed by atoms with E-state index in [0.717, 1.165) is 18.8 Å². The predicted molar refractivity (Wildman–Crippen MR) is 185 cm³/mol. The smallest absolute Gasteiger partial charge is 0.00135 e. The standard InChI is InChI=1S/C13H10.C10H14.C9H8.C5H12.C4H10/c1-3-7-12-10(5-1)9-11-6-2-4-8-13(11)12;1-8(2)10-6-4-5-9(3)7-10;1-2-5-9-7-3-6-8(9)4-1;1-5(2,3)4;1-4(2)3/h1-8H,9H2;4-8H,1-3H3;1-6H,7H2;1-4H3;4H,1-3H3. The van der Waals surface area contributed by atoms with Crippen molar-refractivity contribution in [2.24, 2.45) is 11.3 Å². The van der Waals surface area contributed by atoms with E-state index in [-0.39, 0.29) is 0 Å². The first-order valence-corrected chi connectivity index (χ1v) is 15.3. The van der Waals surface area contributed by atoms with Crippen molar-refractivity contribution in [2.45, 2.75) is 88.0 Å². The molecule has 2 aliphatic rings. The van der Waals surface area contributed by atoms with Gasteiger partial charge in [0, 0.05) is 0 Å². The number of hydrogen-bond donors (Lipinski definition) is 0. The average Bonchev–Trinajstić information content (AvgIpc) is 3.53. The van der Waals surface area contributed by atoms with Crippen LogP contribution in [0.1, 0.15) is 102 Å². The van der Waals surface area contributed by atoms with Gasteiger partial charge in [-0.15, -0.1) is 0 Å². The molecule has 0 saturated heterocycles. The third-order valence-corrected chi connectivity index (χ3v) is 6.10. The first-order chi connectivity index (χ1) is 19.3. The summed E-state index contributed by atoms with van der Waals surface area (Å²) in [5, 5.41) is 0. The van der Waals surface area contributed by atoms with Crippen molar-refractivity contribution in [3.05, 3.63) is 137 Å². The number of allylic oxidation sites excluding steroid dienone is 1. The van der Waals surface area contributed by atoms with Crippen molar-refractivity contribution in [2.75, 3.05) is 0 Å². The summed E-state index contributed by atoms with van der Waals surface area (Å²) in [6.07, 6.45) is 6.60. The van der Waals surface area contributed by atoms with Crippen LogP contribution in [0.25, 0.3) is 17.2 Å². The molecule has 0 fully saturated rings. The summed E-state index contributed by atoms with van der Waals surface area (Å²) < 4.78 is 0. The van der Waals surface area contributed by atoms with Gasteiger partial charge >= 0.3 is 0 Å². The summed E-state index contributed by atoms with van der Waals surface area (Å²) >= 11 is 0. The molecule has 0 bridgehead atoms. The third kappa shape index (κ3) is 13.2. The zero-order valence-corrected chi connectivity index (χ0v) is 27.5. The summed E-state index contributed by atoms with van der Waals surface area (Å²) in [6, 6.07) is 34.5. The van der Waals surface area contributed by atoms with E-state index < -0.39 is 0 Å². The van der Waals surface area contributed by atoms with E-state index in [1.165, 1.54) is 44.5 Å². The van der Waals surface area contributed by atoms with Crippen molar-refractivity contribution in [3.63, 3.8) is 0 Å². The van der Waals surface area contributed by atoms with Crippen LogP contribution in [-0.4, -0.2) is 0 Å². The van der Waals surface area contributed by atoms with Gasteiger partial charge in [-0.3, -0.25) is 0 Å². The minimum Gasteiger partial charge on any atom is -0.0795 e. The molecule has 0 aromatic heterocycles. The van der Waals surface area contributed by atoms with Gasteiger partial charge in [-0.25, -0.2) is 0 Å². The fraction of sp³-hybridized carbons (Fsp3) is 0.366. The van der Waals surface area contributed by atoms with Crippen LogP contribution in [0.2, 0.25) is 0 Å². The highest BCUT2D eigenvalue weighted by Crippen LogP contribution is 2.35. The molecule has 4 aromatic rings. The van der Waals surface area contributed by atoms with Crippen LogP contribution in [0.3, 0.4) is 0 Å². The summed E-state index contributed by atoms with van der Waals surface area (Å²) in [4.78, 5) is 0. The lowest BCUT2D eigenvalue weighted by molar-refractivity contribution is 0.469. The summed E-state index contributed by atoms with van der Waals surface area (Å²) in [6.45, 7) is 21.8. The molecular weight excluding hydrogens is 492 g/mol. The van der Waals surface area contributed by atoms with Crippen molar-refractivity contribution >= 4 is 6.08 Å². The van der Waals surface area contributed by atoms with Gasteiger partial charge in [-0.1, -0.05) is 177 Å². The molecule has 0 amide bonds. The molecule has 0 unspecified atom stereocenters. The van der Waals surface area contributed by atoms with Crippen LogP contribution in [-0.2, 0) is 12.8 Å². The topological polar surface area (TPSA) is 0 Å². The highest BCUT2D eigenvalue weighted by molar-refractivity contribution is 5.76. The van der Waals surface area contributed by atoms with Gasteiger partial charge in [0.15, 0.2) is 0 Å². The Hall–Kier alpha value is -3.38. The molecule has 0 aliphatic heterocycles. The number of aryl methyl sites for hydroxylation is 1. The Morgan fingerprint density at radius 1 is 0.585 bits per heavy atom. The fourth-order valence-corrected chi connectivity index (χ4v) is 4.30. The molecule has 6 rings (SSSR count). The Labute approximate surface area is 252 Å².